The van der Waals surface area contributed by atoms with Crippen molar-refractivity contribution in [1.29, 1.82) is 0 Å². The number of carbonyl (C=O) groups is 4. The summed E-state index contributed by atoms with van der Waals surface area (Å²) in [5.41, 5.74) is 7.07. The van der Waals surface area contributed by atoms with Crippen molar-refractivity contribution in [2.45, 2.75) is 96.9 Å². The van der Waals surface area contributed by atoms with Gasteiger partial charge in [0, 0.05) is 12.6 Å². The largest absolute Gasteiger partial charge is 0.444 e. The maximum absolute atomic E-state index is 13.8. The molecule has 2 atom stereocenters. The predicted molar refractivity (Wildman–Crippen MR) is 139 cm³/mol. The number of hydrogen-bond acceptors (Lipinski definition) is 6. The van der Waals surface area contributed by atoms with E-state index in [2.05, 4.69) is 10.6 Å². The van der Waals surface area contributed by atoms with Crippen LogP contribution in [0.25, 0.3) is 0 Å². The molecule has 0 heterocycles. The first-order chi connectivity index (χ1) is 17.3. The highest BCUT2D eigenvalue weighted by Gasteiger charge is 2.37. The van der Waals surface area contributed by atoms with Gasteiger partial charge >= 0.3 is 6.09 Å². The van der Waals surface area contributed by atoms with Crippen LogP contribution in [0.4, 0.5) is 4.79 Å². The lowest BCUT2D eigenvalue weighted by molar-refractivity contribution is -0.144. The zero-order valence-electron chi connectivity index (χ0n) is 22.6. The van der Waals surface area contributed by atoms with E-state index in [0.29, 0.717) is 5.56 Å². The van der Waals surface area contributed by atoms with Crippen molar-refractivity contribution in [3.63, 3.8) is 0 Å². The molecule has 0 aliphatic heterocycles. The number of alkyl carbamates (subject to hydrolysis) is 1. The Morgan fingerprint density at radius 3 is 2.30 bits per heavy atom. The summed E-state index contributed by atoms with van der Waals surface area (Å²) in [6.07, 6.45) is 3.45. The standard InChI is InChI=1S/C27H42N4O6/c1-17-11-12-19(15-18(17)2)23(24(34)29-20-9-7-6-8-10-20)31(13-14-32)25(35)21(16-22(28)33)30-26(36)37-27(3,4)5/h11-12,15,20-21,23,32H,6-10,13-14,16H2,1-5H3,(H2,28,33)(H,29,34)(H,30,36). The second-order valence-electron chi connectivity index (χ2n) is 10.7. The Morgan fingerprint density at radius 2 is 1.76 bits per heavy atom. The summed E-state index contributed by atoms with van der Waals surface area (Å²) in [6.45, 7) is 8.23. The summed E-state index contributed by atoms with van der Waals surface area (Å²) in [5.74, 6) is -1.92. The number of nitrogens with two attached hydrogens (primary N) is 1. The summed E-state index contributed by atoms with van der Waals surface area (Å²) in [4.78, 5) is 53.0. The van der Waals surface area contributed by atoms with Crippen molar-refractivity contribution in [1.82, 2.24) is 15.5 Å². The topological polar surface area (TPSA) is 151 Å². The quantitative estimate of drug-likeness (QED) is 0.373. The lowest BCUT2D eigenvalue weighted by atomic mass is 9.94. The number of nitrogens with one attached hydrogen (secondary N) is 2. The van der Waals surface area contributed by atoms with E-state index in [1.54, 1.807) is 26.8 Å². The van der Waals surface area contributed by atoms with E-state index in [-0.39, 0.29) is 18.5 Å². The molecule has 10 heteroatoms. The van der Waals surface area contributed by atoms with Crippen molar-refractivity contribution < 1.29 is 29.0 Å². The van der Waals surface area contributed by atoms with Crippen molar-refractivity contribution >= 4 is 23.8 Å². The number of nitrogens with zero attached hydrogens (tertiary/aromatic N) is 1. The molecule has 0 aromatic heterocycles. The maximum atomic E-state index is 13.8. The molecule has 2 rings (SSSR count). The van der Waals surface area contributed by atoms with Gasteiger partial charge in [-0.25, -0.2) is 4.79 Å². The molecule has 5 N–H and O–H groups in total. The minimum atomic E-state index is -1.38. The zero-order valence-corrected chi connectivity index (χ0v) is 22.6. The summed E-state index contributed by atoms with van der Waals surface area (Å²) >= 11 is 0. The molecule has 0 bridgehead atoms. The fraction of sp³-hybridized carbons (Fsp3) is 0.630. The second-order valence-corrected chi connectivity index (χ2v) is 10.7. The van der Waals surface area contributed by atoms with Gasteiger partial charge in [-0.1, -0.05) is 37.5 Å². The van der Waals surface area contributed by atoms with Crippen LogP contribution in [0.2, 0.25) is 0 Å². The molecule has 10 nitrogen and oxygen atoms in total. The average molecular weight is 519 g/mol. The van der Waals surface area contributed by atoms with E-state index in [9.17, 15) is 24.3 Å². The highest BCUT2D eigenvalue weighted by molar-refractivity contribution is 5.94. The SMILES string of the molecule is Cc1ccc(C(C(=O)NC2CCCCC2)N(CCO)C(=O)C(CC(N)=O)NC(=O)OC(C)(C)C)cc1C. The molecule has 2 unspecified atom stereocenters. The van der Waals surface area contributed by atoms with Crippen LogP contribution in [-0.4, -0.2) is 64.7 Å². The average Bonchev–Trinajstić information content (AvgIpc) is 2.79. The molecule has 1 aliphatic rings. The number of ether oxygens (including phenoxy) is 1. The van der Waals surface area contributed by atoms with Gasteiger partial charge < -0.3 is 31.1 Å². The maximum Gasteiger partial charge on any atom is 0.408 e. The van der Waals surface area contributed by atoms with E-state index in [1.165, 1.54) is 4.90 Å². The monoisotopic (exact) mass is 518 g/mol. The van der Waals surface area contributed by atoms with Crippen LogP contribution in [0, 0.1) is 13.8 Å². The number of amides is 4. The van der Waals surface area contributed by atoms with Crippen molar-refractivity contribution in [3.05, 3.63) is 34.9 Å². The Morgan fingerprint density at radius 1 is 1.11 bits per heavy atom. The summed E-state index contributed by atoms with van der Waals surface area (Å²) in [7, 11) is 0. The van der Waals surface area contributed by atoms with Crippen LogP contribution < -0.4 is 16.4 Å². The van der Waals surface area contributed by atoms with Crippen LogP contribution in [0.5, 0.6) is 0 Å². The highest BCUT2D eigenvalue weighted by atomic mass is 16.6. The summed E-state index contributed by atoms with van der Waals surface area (Å²) in [5, 5.41) is 15.4. The first kappa shape index (κ1) is 30.1. The third-order valence-electron chi connectivity index (χ3n) is 6.38. The Kier molecular flexibility index (Phi) is 10.9. The first-order valence-corrected chi connectivity index (χ1v) is 12.9. The van der Waals surface area contributed by atoms with Crippen molar-refractivity contribution in [3.8, 4) is 0 Å². The fourth-order valence-electron chi connectivity index (χ4n) is 4.46. The van der Waals surface area contributed by atoms with Gasteiger partial charge in [0.15, 0.2) is 0 Å². The molecule has 37 heavy (non-hydrogen) atoms. The summed E-state index contributed by atoms with van der Waals surface area (Å²) in [6, 6.07) is 3.00. The van der Waals surface area contributed by atoms with Gasteiger partial charge in [-0.05, 0) is 64.2 Å². The number of aliphatic hydroxyl groups is 1. The van der Waals surface area contributed by atoms with Crippen molar-refractivity contribution in [2.24, 2.45) is 5.73 Å². The van der Waals surface area contributed by atoms with Crippen LogP contribution in [0.15, 0.2) is 18.2 Å². The van der Waals surface area contributed by atoms with E-state index in [1.807, 2.05) is 26.0 Å². The van der Waals surface area contributed by atoms with Crippen LogP contribution in [-0.2, 0) is 19.1 Å². The van der Waals surface area contributed by atoms with E-state index in [4.69, 9.17) is 10.5 Å². The lowest BCUT2D eigenvalue weighted by Crippen LogP contribution is -2.55. The van der Waals surface area contributed by atoms with Crippen LogP contribution in [0.1, 0.15) is 82.0 Å². The third-order valence-corrected chi connectivity index (χ3v) is 6.38. The van der Waals surface area contributed by atoms with Crippen LogP contribution in [0.3, 0.4) is 0 Å². The smallest absolute Gasteiger partial charge is 0.408 e. The van der Waals surface area contributed by atoms with Gasteiger partial charge in [0.05, 0.1) is 13.0 Å². The molecular weight excluding hydrogens is 476 g/mol. The Balaban J connectivity index is 2.46. The number of carbonyl (C=O) groups excluding carboxylic acids is 4. The Labute approximate surface area is 219 Å². The number of benzene rings is 1. The zero-order chi connectivity index (χ0) is 27.8. The molecule has 4 amide bonds. The second kappa shape index (κ2) is 13.4. The van der Waals surface area contributed by atoms with Gasteiger partial charge in [0.2, 0.25) is 17.7 Å². The third kappa shape index (κ3) is 9.35. The minimum Gasteiger partial charge on any atom is -0.444 e. The minimum absolute atomic E-state index is 0.0114. The molecule has 1 fully saturated rings. The molecule has 0 radical (unpaired) electrons. The number of aryl methyl sites for hydroxylation is 2. The van der Waals surface area contributed by atoms with E-state index >= 15 is 0 Å². The van der Waals surface area contributed by atoms with Gasteiger partial charge in [-0.2, -0.15) is 0 Å². The molecule has 0 spiro atoms. The fourth-order valence-corrected chi connectivity index (χ4v) is 4.46. The number of rotatable bonds is 10. The first-order valence-electron chi connectivity index (χ1n) is 12.9. The van der Waals surface area contributed by atoms with Gasteiger partial charge in [0.25, 0.3) is 0 Å². The van der Waals surface area contributed by atoms with Gasteiger partial charge in [-0.3, -0.25) is 14.4 Å². The molecule has 206 valence electrons. The molecule has 1 saturated carbocycles. The number of primary amides is 1. The summed E-state index contributed by atoms with van der Waals surface area (Å²) < 4.78 is 5.26. The molecule has 1 aromatic carbocycles. The number of aliphatic hydroxyl groups excluding tert-OH is 1. The Bertz CT molecular complexity index is 968. The molecular formula is C27H42N4O6. The van der Waals surface area contributed by atoms with Crippen LogP contribution >= 0.6 is 0 Å². The number of hydrogen-bond donors (Lipinski definition) is 4. The predicted octanol–water partition coefficient (Wildman–Crippen LogP) is 2.38. The molecule has 1 aromatic rings. The highest BCUT2D eigenvalue weighted by Crippen LogP contribution is 2.26. The molecule has 0 saturated heterocycles. The normalized spacial score (nSPS) is 15.8. The van der Waals surface area contributed by atoms with E-state index in [0.717, 1.165) is 43.2 Å². The van der Waals surface area contributed by atoms with Crippen molar-refractivity contribution in [2.75, 3.05) is 13.2 Å². The van der Waals surface area contributed by atoms with Gasteiger partial charge in [-0.15, -0.1) is 0 Å². The molecule has 1 aliphatic carbocycles. The van der Waals surface area contributed by atoms with Gasteiger partial charge in [0.1, 0.15) is 17.7 Å². The lowest BCUT2D eigenvalue weighted by Gasteiger charge is -2.35. The van der Waals surface area contributed by atoms with E-state index < -0.39 is 48.6 Å². The Hall–Kier alpha value is -3.14.